The topological polar surface area (TPSA) is 17.1 Å². The average molecular weight is 321 g/mol. The Bertz CT molecular complexity index is 549. The van der Waals surface area contributed by atoms with Gasteiger partial charge in [0.15, 0.2) is 5.78 Å². The first-order valence-corrected chi connectivity index (χ1v) is 7.37. The molecular weight excluding hydrogens is 308 g/mol. The zero-order valence-electron chi connectivity index (χ0n) is 10.0. The molecule has 0 spiro atoms. The molecular formula is C15H13BrOS. The highest BCUT2D eigenvalue weighted by molar-refractivity contribution is 9.10. The van der Waals surface area contributed by atoms with Crippen LogP contribution in [0, 0.1) is 0 Å². The molecule has 18 heavy (non-hydrogen) atoms. The second-order valence-corrected chi connectivity index (χ2v) is 5.86. The molecule has 0 unspecified atom stereocenters. The summed E-state index contributed by atoms with van der Waals surface area (Å²) >= 11 is 5.04. The minimum atomic E-state index is 0.190. The molecule has 2 aromatic rings. The van der Waals surface area contributed by atoms with Crippen LogP contribution >= 0.6 is 27.7 Å². The van der Waals surface area contributed by atoms with E-state index >= 15 is 0 Å². The molecule has 0 bridgehead atoms. The molecule has 92 valence electrons. The highest BCUT2D eigenvalue weighted by atomic mass is 79.9. The zero-order valence-corrected chi connectivity index (χ0v) is 12.4. The van der Waals surface area contributed by atoms with Crippen molar-refractivity contribution in [2.75, 3.05) is 0 Å². The molecule has 0 aliphatic rings. The molecule has 3 heteroatoms. The number of benzene rings is 2. The van der Waals surface area contributed by atoms with E-state index < -0.39 is 0 Å². The largest absolute Gasteiger partial charge is 0.294 e. The number of rotatable bonds is 4. The van der Waals surface area contributed by atoms with Gasteiger partial charge in [-0.3, -0.25) is 4.79 Å². The van der Waals surface area contributed by atoms with Gasteiger partial charge in [0, 0.05) is 26.2 Å². The highest BCUT2D eigenvalue weighted by Gasteiger charge is 2.09. The maximum Gasteiger partial charge on any atom is 0.163 e. The van der Waals surface area contributed by atoms with Gasteiger partial charge in [-0.05, 0) is 30.3 Å². The average Bonchev–Trinajstić information content (AvgIpc) is 2.41. The van der Waals surface area contributed by atoms with Crippen LogP contribution in [-0.4, -0.2) is 5.78 Å². The van der Waals surface area contributed by atoms with Gasteiger partial charge in [-0.15, -0.1) is 0 Å². The van der Waals surface area contributed by atoms with Crippen LogP contribution in [0.3, 0.4) is 0 Å². The van der Waals surface area contributed by atoms with E-state index in [1.807, 2.05) is 55.5 Å². The first kappa shape index (κ1) is 13.4. The van der Waals surface area contributed by atoms with Gasteiger partial charge >= 0.3 is 0 Å². The van der Waals surface area contributed by atoms with Crippen LogP contribution in [0.15, 0.2) is 62.8 Å². The van der Waals surface area contributed by atoms with Gasteiger partial charge in [0.05, 0.1) is 0 Å². The third-order valence-electron chi connectivity index (χ3n) is 2.55. The number of carbonyl (C=O) groups is 1. The van der Waals surface area contributed by atoms with Crippen LogP contribution < -0.4 is 0 Å². The molecule has 1 nitrogen and oxygen atoms in total. The van der Waals surface area contributed by atoms with Crippen molar-refractivity contribution in [3.8, 4) is 0 Å². The van der Waals surface area contributed by atoms with Crippen molar-refractivity contribution in [1.82, 2.24) is 0 Å². The van der Waals surface area contributed by atoms with E-state index in [1.54, 1.807) is 11.8 Å². The minimum Gasteiger partial charge on any atom is -0.294 e. The van der Waals surface area contributed by atoms with E-state index in [1.165, 1.54) is 0 Å². The van der Waals surface area contributed by atoms with Crippen molar-refractivity contribution in [3.05, 3.63) is 58.6 Å². The Morgan fingerprint density at radius 2 is 1.78 bits per heavy atom. The third-order valence-corrected chi connectivity index (χ3v) is 4.16. The molecule has 0 amide bonds. The van der Waals surface area contributed by atoms with Gasteiger partial charge in [-0.1, -0.05) is 52.8 Å². The molecule has 2 rings (SSSR count). The quantitative estimate of drug-likeness (QED) is 0.721. The predicted molar refractivity (Wildman–Crippen MR) is 79.3 cm³/mol. The van der Waals surface area contributed by atoms with Crippen LogP contribution in [0.2, 0.25) is 0 Å². The monoisotopic (exact) mass is 320 g/mol. The Hall–Kier alpha value is -1.06. The standard InChI is InChI=1S/C15H13BrOS/c1-2-14(17)13-5-3-4-6-15(13)18-12-9-7-11(16)8-10-12/h3-10H,2H2,1H3. The van der Waals surface area contributed by atoms with Crippen molar-refractivity contribution in [3.63, 3.8) is 0 Å². The molecule has 0 saturated carbocycles. The van der Waals surface area contributed by atoms with Gasteiger partial charge in [-0.2, -0.15) is 0 Å². The summed E-state index contributed by atoms with van der Waals surface area (Å²) < 4.78 is 1.06. The van der Waals surface area contributed by atoms with Crippen LogP contribution in [-0.2, 0) is 0 Å². The summed E-state index contributed by atoms with van der Waals surface area (Å²) in [6, 6.07) is 15.9. The lowest BCUT2D eigenvalue weighted by molar-refractivity contribution is 0.0985. The van der Waals surface area contributed by atoms with E-state index in [-0.39, 0.29) is 5.78 Å². The van der Waals surface area contributed by atoms with Crippen LogP contribution in [0.5, 0.6) is 0 Å². The van der Waals surface area contributed by atoms with Gasteiger partial charge in [-0.25, -0.2) is 0 Å². The maximum atomic E-state index is 11.9. The number of ketones is 1. The fourth-order valence-corrected chi connectivity index (χ4v) is 2.83. The lowest BCUT2D eigenvalue weighted by Crippen LogP contribution is -1.98. The Morgan fingerprint density at radius 3 is 2.44 bits per heavy atom. The zero-order chi connectivity index (χ0) is 13.0. The number of Topliss-reactive ketones (excluding diaryl/α,β-unsaturated/α-hetero) is 1. The molecule has 0 heterocycles. The lowest BCUT2D eigenvalue weighted by atomic mass is 10.1. The summed E-state index contributed by atoms with van der Waals surface area (Å²) in [5, 5.41) is 0. The molecule has 2 aromatic carbocycles. The molecule has 0 atom stereocenters. The maximum absolute atomic E-state index is 11.9. The molecule has 0 N–H and O–H groups in total. The molecule has 0 aliphatic heterocycles. The van der Waals surface area contributed by atoms with E-state index in [4.69, 9.17) is 0 Å². The first-order valence-electron chi connectivity index (χ1n) is 5.76. The van der Waals surface area contributed by atoms with Crippen LogP contribution in [0.25, 0.3) is 0 Å². The fraction of sp³-hybridized carbons (Fsp3) is 0.133. The smallest absolute Gasteiger partial charge is 0.163 e. The number of halogens is 1. The summed E-state index contributed by atoms with van der Waals surface area (Å²) in [7, 11) is 0. The van der Waals surface area contributed by atoms with E-state index in [9.17, 15) is 4.79 Å². The molecule has 0 saturated heterocycles. The predicted octanol–water partition coefficient (Wildman–Crippen LogP) is 5.19. The van der Waals surface area contributed by atoms with Crippen molar-refractivity contribution < 1.29 is 4.79 Å². The Balaban J connectivity index is 2.28. The normalized spacial score (nSPS) is 10.3. The second-order valence-electron chi connectivity index (χ2n) is 3.83. The van der Waals surface area contributed by atoms with Crippen LogP contribution in [0.1, 0.15) is 23.7 Å². The second kappa shape index (κ2) is 6.21. The highest BCUT2D eigenvalue weighted by Crippen LogP contribution is 2.31. The van der Waals surface area contributed by atoms with Gasteiger partial charge < -0.3 is 0 Å². The van der Waals surface area contributed by atoms with Crippen LogP contribution in [0.4, 0.5) is 0 Å². The SMILES string of the molecule is CCC(=O)c1ccccc1Sc1ccc(Br)cc1. The molecule has 0 fully saturated rings. The Morgan fingerprint density at radius 1 is 1.11 bits per heavy atom. The fourth-order valence-electron chi connectivity index (χ4n) is 1.61. The van der Waals surface area contributed by atoms with Crippen molar-refractivity contribution in [2.24, 2.45) is 0 Å². The number of carbonyl (C=O) groups excluding carboxylic acids is 1. The minimum absolute atomic E-state index is 0.190. The first-order chi connectivity index (χ1) is 8.70. The van der Waals surface area contributed by atoms with E-state index in [2.05, 4.69) is 15.9 Å². The van der Waals surface area contributed by atoms with Crippen molar-refractivity contribution in [1.29, 1.82) is 0 Å². The summed E-state index contributed by atoms with van der Waals surface area (Å²) in [6.07, 6.45) is 0.540. The van der Waals surface area contributed by atoms with Crippen molar-refractivity contribution in [2.45, 2.75) is 23.1 Å². The molecule has 0 radical (unpaired) electrons. The van der Waals surface area contributed by atoms with Gasteiger partial charge in [0.1, 0.15) is 0 Å². The lowest BCUT2D eigenvalue weighted by Gasteiger charge is -2.07. The molecule has 0 aromatic heterocycles. The Kier molecular flexibility index (Phi) is 4.61. The van der Waals surface area contributed by atoms with Crippen molar-refractivity contribution >= 4 is 33.5 Å². The number of hydrogen-bond donors (Lipinski definition) is 0. The van der Waals surface area contributed by atoms with E-state index in [0.717, 1.165) is 19.8 Å². The van der Waals surface area contributed by atoms with Gasteiger partial charge in [0.25, 0.3) is 0 Å². The van der Waals surface area contributed by atoms with E-state index in [0.29, 0.717) is 6.42 Å². The summed E-state index contributed by atoms with van der Waals surface area (Å²) in [5.74, 6) is 0.190. The summed E-state index contributed by atoms with van der Waals surface area (Å²) in [4.78, 5) is 14.0. The summed E-state index contributed by atoms with van der Waals surface area (Å²) in [6.45, 7) is 1.89. The molecule has 0 aliphatic carbocycles. The Labute approximate surface area is 120 Å². The number of hydrogen-bond acceptors (Lipinski definition) is 2. The van der Waals surface area contributed by atoms with Gasteiger partial charge in [0.2, 0.25) is 0 Å². The third kappa shape index (κ3) is 3.24. The summed E-state index contributed by atoms with van der Waals surface area (Å²) in [5.41, 5.74) is 0.813.